The quantitative estimate of drug-likeness (QED) is 0.692. The summed E-state index contributed by atoms with van der Waals surface area (Å²) in [4.78, 5) is 2.28. The lowest BCUT2D eigenvalue weighted by molar-refractivity contribution is 0.197. The number of rotatable bonds is 8. The van der Waals surface area contributed by atoms with E-state index in [0.29, 0.717) is 0 Å². The largest absolute Gasteiger partial charge is 0.383 e. The summed E-state index contributed by atoms with van der Waals surface area (Å²) >= 11 is 0. The summed E-state index contributed by atoms with van der Waals surface area (Å²) in [5.74, 6) is 0. The van der Waals surface area contributed by atoms with Gasteiger partial charge in [-0.3, -0.25) is 0 Å². The van der Waals surface area contributed by atoms with Gasteiger partial charge in [-0.05, 0) is 32.5 Å². The molecule has 102 valence electrons. The van der Waals surface area contributed by atoms with Crippen LogP contribution in [0.5, 0.6) is 0 Å². The van der Waals surface area contributed by atoms with E-state index in [2.05, 4.69) is 33.5 Å². The molecule has 0 radical (unpaired) electrons. The highest BCUT2D eigenvalue weighted by atomic mass is 16.5. The molecule has 1 aromatic heterocycles. The zero-order chi connectivity index (χ0) is 13.4. The predicted octanol–water partition coefficient (Wildman–Crippen LogP) is 0.761. The number of hydrogen-bond acceptors (Lipinski definition) is 5. The number of aromatic nitrogens is 2. The molecule has 1 heterocycles. The number of hydrogen-bond donors (Lipinski definition) is 1. The monoisotopic (exact) mass is 252 g/mol. The van der Waals surface area contributed by atoms with Crippen LogP contribution >= 0.6 is 0 Å². The fourth-order valence-corrected chi connectivity index (χ4v) is 1.70. The second-order valence-corrected chi connectivity index (χ2v) is 4.58. The number of ether oxygens (including phenoxy) is 1. The molecule has 0 saturated carbocycles. The average Bonchev–Trinajstić information content (AvgIpc) is 2.33. The van der Waals surface area contributed by atoms with Gasteiger partial charge in [0.25, 0.3) is 0 Å². The topological polar surface area (TPSA) is 50.3 Å². The van der Waals surface area contributed by atoms with E-state index in [4.69, 9.17) is 4.74 Å². The predicted molar refractivity (Wildman–Crippen MR) is 72.6 cm³/mol. The minimum atomic E-state index is 0.760. The van der Waals surface area contributed by atoms with Crippen LogP contribution in [0.3, 0.4) is 0 Å². The summed E-state index contributed by atoms with van der Waals surface area (Å²) in [6.45, 7) is 8.53. The van der Waals surface area contributed by atoms with Crippen molar-refractivity contribution < 1.29 is 4.74 Å². The Morgan fingerprint density at radius 3 is 2.78 bits per heavy atom. The molecule has 0 atom stereocenters. The Kier molecular flexibility index (Phi) is 6.78. The highest BCUT2D eigenvalue weighted by Gasteiger charge is 2.05. The Labute approximate surface area is 110 Å². The van der Waals surface area contributed by atoms with Crippen LogP contribution in [0.1, 0.15) is 17.0 Å². The summed E-state index contributed by atoms with van der Waals surface area (Å²) in [7, 11) is 3.84. The molecule has 0 bridgehead atoms. The molecule has 1 N–H and O–H groups in total. The van der Waals surface area contributed by atoms with Gasteiger partial charge in [0.1, 0.15) is 0 Å². The van der Waals surface area contributed by atoms with Crippen LogP contribution in [0.25, 0.3) is 0 Å². The number of nitrogens with one attached hydrogen (secondary N) is 1. The lowest BCUT2D eigenvalue weighted by atomic mass is 10.2. The van der Waals surface area contributed by atoms with Gasteiger partial charge in [-0.2, -0.15) is 10.2 Å². The number of likely N-dealkylation sites (N-methyl/N-ethyl adjacent to an activating group) is 1. The second-order valence-electron chi connectivity index (χ2n) is 4.58. The van der Waals surface area contributed by atoms with Gasteiger partial charge in [-0.25, -0.2) is 0 Å². The van der Waals surface area contributed by atoms with Crippen molar-refractivity contribution in [2.45, 2.75) is 20.4 Å². The van der Waals surface area contributed by atoms with Gasteiger partial charge in [0, 0.05) is 33.3 Å². The van der Waals surface area contributed by atoms with Crippen LogP contribution in [-0.2, 0) is 11.3 Å². The van der Waals surface area contributed by atoms with Crippen molar-refractivity contribution in [1.82, 2.24) is 20.4 Å². The first kappa shape index (κ1) is 15.0. The van der Waals surface area contributed by atoms with Crippen molar-refractivity contribution >= 4 is 0 Å². The Hall–Kier alpha value is -1.04. The standard InChI is InChI=1S/C13H24N4O/c1-11-9-13(12(2)16-15-11)10-17(3)7-5-14-6-8-18-4/h9,14H,5-8,10H2,1-4H3. The van der Waals surface area contributed by atoms with Crippen molar-refractivity contribution in [2.24, 2.45) is 0 Å². The third-order valence-corrected chi connectivity index (χ3v) is 2.80. The summed E-state index contributed by atoms with van der Waals surface area (Å²) < 4.78 is 4.98. The first-order chi connectivity index (χ1) is 8.63. The minimum absolute atomic E-state index is 0.760. The van der Waals surface area contributed by atoms with Gasteiger partial charge >= 0.3 is 0 Å². The lowest BCUT2D eigenvalue weighted by Gasteiger charge is -2.18. The average molecular weight is 252 g/mol. The Morgan fingerprint density at radius 1 is 1.28 bits per heavy atom. The Bertz CT molecular complexity index is 357. The van der Waals surface area contributed by atoms with Gasteiger partial charge in [0.15, 0.2) is 0 Å². The van der Waals surface area contributed by atoms with E-state index < -0.39 is 0 Å². The van der Waals surface area contributed by atoms with Crippen LogP contribution in [0.4, 0.5) is 0 Å². The maximum Gasteiger partial charge on any atom is 0.0645 e. The SMILES string of the molecule is COCCNCCN(C)Cc1cc(C)nnc1C. The van der Waals surface area contributed by atoms with E-state index in [9.17, 15) is 0 Å². The molecule has 1 rings (SSSR count). The summed E-state index contributed by atoms with van der Waals surface area (Å²) in [5, 5.41) is 11.5. The van der Waals surface area contributed by atoms with E-state index in [1.54, 1.807) is 7.11 Å². The van der Waals surface area contributed by atoms with Gasteiger partial charge < -0.3 is 15.0 Å². The number of nitrogens with zero attached hydrogens (tertiary/aromatic N) is 3. The summed E-state index contributed by atoms with van der Waals surface area (Å²) in [6, 6.07) is 2.11. The maximum atomic E-state index is 4.98. The highest BCUT2D eigenvalue weighted by Crippen LogP contribution is 2.07. The smallest absolute Gasteiger partial charge is 0.0645 e. The highest BCUT2D eigenvalue weighted by molar-refractivity contribution is 5.19. The summed E-state index contributed by atoms with van der Waals surface area (Å²) in [5.41, 5.74) is 3.24. The first-order valence-electron chi connectivity index (χ1n) is 6.31. The van der Waals surface area contributed by atoms with Crippen molar-refractivity contribution in [1.29, 1.82) is 0 Å². The van der Waals surface area contributed by atoms with Crippen LogP contribution in [0.15, 0.2) is 6.07 Å². The second kappa shape index (κ2) is 8.13. The lowest BCUT2D eigenvalue weighted by Crippen LogP contribution is -2.30. The van der Waals surface area contributed by atoms with Gasteiger partial charge in [0.05, 0.1) is 18.0 Å². The van der Waals surface area contributed by atoms with Crippen molar-refractivity contribution in [2.75, 3.05) is 40.4 Å². The molecule has 0 spiro atoms. The molecule has 1 aromatic rings. The maximum absolute atomic E-state index is 4.98. The molecule has 0 unspecified atom stereocenters. The molecular weight excluding hydrogens is 228 g/mol. The molecule has 5 nitrogen and oxygen atoms in total. The molecule has 0 aromatic carbocycles. The molecule has 0 aliphatic heterocycles. The van der Waals surface area contributed by atoms with E-state index >= 15 is 0 Å². The van der Waals surface area contributed by atoms with Crippen LogP contribution < -0.4 is 5.32 Å². The third-order valence-electron chi connectivity index (χ3n) is 2.80. The fraction of sp³-hybridized carbons (Fsp3) is 0.692. The van der Waals surface area contributed by atoms with E-state index in [1.165, 1.54) is 5.56 Å². The zero-order valence-corrected chi connectivity index (χ0v) is 11.9. The van der Waals surface area contributed by atoms with Gasteiger partial charge in [-0.15, -0.1) is 0 Å². The zero-order valence-electron chi connectivity index (χ0n) is 11.9. The van der Waals surface area contributed by atoms with Crippen LogP contribution in [0.2, 0.25) is 0 Å². The molecule has 18 heavy (non-hydrogen) atoms. The molecule has 0 saturated heterocycles. The molecule has 0 aliphatic carbocycles. The van der Waals surface area contributed by atoms with Gasteiger partial charge in [-0.1, -0.05) is 0 Å². The van der Waals surface area contributed by atoms with Gasteiger partial charge in [0.2, 0.25) is 0 Å². The molecule has 0 aliphatic rings. The Balaban J connectivity index is 2.30. The third kappa shape index (κ3) is 5.53. The number of aryl methyl sites for hydroxylation is 2. The normalized spacial score (nSPS) is 11.2. The van der Waals surface area contributed by atoms with Crippen molar-refractivity contribution in [3.8, 4) is 0 Å². The van der Waals surface area contributed by atoms with Crippen LogP contribution in [-0.4, -0.2) is 55.5 Å². The van der Waals surface area contributed by atoms with Crippen molar-refractivity contribution in [3.63, 3.8) is 0 Å². The minimum Gasteiger partial charge on any atom is -0.383 e. The molecule has 5 heteroatoms. The molecule has 0 amide bonds. The van der Waals surface area contributed by atoms with E-state index in [-0.39, 0.29) is 0 Å². The molecular formula is C13H24N4O. The van der Waals surface area contributed by atoms with Crippen LogP contribution in [0, 0.1) is 13.8 Å². The first-order valence-corrected chi connectivity index (χ1v) is 6.31. The van der Waals surface area contributed by atoms with Crippen molar-refractivity contribution in [3.05, 3.63) is 23.0 Å². The molecule has 0 fully saturated rings. The van der Waals surface area contributed by atoms with E-state index in [0.717, 1.165) is 44.2 Å². The fourth-order valence-electron chi connectivity index (χ4n) is 1.70. The van der Waals surface area contributed by atoms with E-state index in [1.807, 2.05) is 13.8 Å². The summed E-state index contributed by atoms with van der Waals surface area (Å²) in [6.07, 6.45) is 0. The Morgan fingerprint density at radius 2 is 2.06 bits per heavy atom. The number of methoxy groups -OCH3 is 1.